The van der Waals surface area contributed by atoms with Crippen LogP contribution < -0.4 is 5.32 Å². The number of halogens is 1. The minimum atomic E-state index is -1.10. The van der Waals surface area contributed by atoms with Crippen LogP contribution in [0.2, 0.25) is 0 Å². The van der Waals surface area contributed by atoms with Crippen molar-refractivity contribution >= 4 is 11.0 Å². The number of hydrogen-bond acceptors (Lipinski definition) is 2. The monoisotopic (exact) mass is 275 g/mol. The first-order valence-corrected chi connectivity index (χ1v) is 7.56. The van der Waals surface area contributed by atoms with Gasteiger partial charge in [-0.05, 0) is 44.5 Å². The van der Waals surface area contributed by atoms with Crippen LogP contribution >= 0.6 is 0 Å². The Bertz CT molecular complexity index is 584. The summed E-state index contributed by atoms with van der Waals surface area (Å²) in [5, 5.41) is 3.22. The largest absolute Gasteiger partial charge is 0.328 e. The molecule has 1 fully saturated rings. The molecule has 0 amide bonds. The minimum Gasteiger partial charge on any atom is -0.328 e. The lowest BCUT2D eigenvalue weighted by atomic mass is 9.90. The van der Waals surface area contributed by atoms with E-state index in [-0.39, 0.29) is 0 Å². The molecule has 20 heavy (non-hydrogen) atoms. The van der Waals surface area contributed by atoms with E-state index in [1.54, 1.807) is 0 Å². The highest BCUT2D eigenvalue weighted by Crippen LogP contribution is 2.29. The van der Waals surface area contributed by atoms with Gasteiger partial charge in [-0.3, -0.25) is 0 Å². The molecular formula is C16H22FN3. The molecule has 3 nitrogen and oxygen atoms in total. The van der Waals surface area contributed by atoms with Gasteiger partial charge in [-0.15, -0.1) is 0 Å². The van der Waals surface area contributed by atoms with Gasteiger partial charge in [-0.2, -0.15) is 0 Å². The highest BCUT2D eigenvalue weighted by molar-refractivity contribution is 5.75. The lowest BCUT2D eigenvalue weighted by Gasteiger charge is -2.29. The average molecular weight is 275 g/mol. The molecule has 108 valence electrons. The molecule has 3 rings (SSSR count). The Hall–Kier alpha value is -1.42. The van der Waals surface area contributed by atoms with E-state index in [1.807, 2.05) is 18.2 Å². The van der Waals surface area contributed by atoms with Crippen LogP contribution in [0, 0.1) is 0 Å². The molecule has 4 heteroatoms. The zero-order valence-corrected chi connectivity index (χ0v) is 12.0. The number of alkyl halides is 1. The van der Waals surface area contributed by atoms with Gasteiger partial charge in [0.05, 0.1) is 11.0 Å². The Morgan fingerprint density at radius 1 is 1.30 bits per heavy atom. The molecule has 0 radical (unpaired) electrons. The van der Waals surface area contributed by atoms with Crippen LogP contribution in [0.5, 0.6) is 0 Å². The van der Waals surface area contributed by atoms with E-state index < -0.39 is 5.67 Å². The van der Waals surface area contributed by atoms with Gasteiger partial charge in [0.2, 0.25) is 0 Å². The second kappa shape index (κ2) is 5.52. The van der Waals surface area contributed by atoms with Crippen LogP contribution in [-0.4, -0.2) is 28.3 Å². The van der Waals surface area contributed by atoms with Crippen molar-refractivity contribution in [2.45, 2.75) is 44.8 Å². The molecule has 1 N–H and O–H groups in total. The van der Waals surface area contributed by atoms with Crippen LogP contribution in [0.4, 0.5) is 4.39 Å². The van der Waals surface area contributed by atoms with Crippen molar-refractivity contribution in [2.24, 2.45) is 0 Å². The van der Waals surface area contributed by atoms with E-state index in [1.165, 1.54) is 0 Å². The van der Waals surface area contributed by atoms with E-state index in [0.717, 1.165) is 42.9 Å². The van der Waals surface area contributed by atoms with Crippen LogP contribution in [0.25, 0.3) is 11.0 Å². The standard InChI is InChI=1S/C16H22FN3/c1-2-11-20-14-6-4-3-5-13(14)19-15(20)12-16(17)7-9-18-10-8-16/h3-6,18H,2,7-12H2,1H3. The lowest BCUT2D eigenvalue weighted by Crippen LogP contribution is -2.40. The van der Waals surface area contributed by atoms with Crippen LogP contribution in [0.3, 0.4) is 0 Å². The fourth-order valence-corrected chi connectivity index (χ4v) is 3.07. The highest BCUT2D eigenvalue weighted by Gasteiger charge is 2.33. The first-order chi connectivity index (χ1) is 9.72. The number of fused-ring (bicyclic) bond motifs is 1. The normalized spacial score (nSPS) is 18.5. The fraction of sp³-hybridized carbons (Fsp3) is 0.562. The van der Waals surface area contributed by atoms with Gasteiger partial charge in [0.15, 0.2) is 0 Å². The van der Waals surface area contributed by atoms with Gasteiger partial charge in [-0.25, -0.2) is 9.37 Å². The molecule has 1 saturated heterocycles. The summed E-state index contributed by atoms with van der Waals surface area (Å²) in [5.74, 6) is 0.900. The third-order valence-corrected chi connectivity index (χ3v) is 4.16. The quantitative estimate of drug-likeness (QED) is 0.929. The van der Waals surface area contributed by atoms with Crippen LogP contribution in [0.15, 0.2) is 24.3 Å². The summed E-state index contributed by atoms with van der Waals surface area (Å²) < 4.78 is 17.1. The maximum absolute atomic E-state index is 14.9. The van der Waals surface area contributed by atoms with Gasteiger partial charge in [0.1, 0.15) is 11.5 Å². The van der Waals surface area contributed by atoms with Gasteiger partial charge >= 0.3 is 0 Å². The molecule has 0 atom stereocenters. The van der Waals surface area contributed by atoms with Crippen molar-refractivity contribution in [1.29, 1.82) is 0 Å². The smallest absolute Gasteiger partial charge is 0.120 e. The Morgan fingerprint density at radius 3 is 2.80 bits per heavy atom. The van der Waals surface area contributed by atoms with Crippen molar-refractivity contribution < 1.29 is 4.39 Å². The van der Waals surface area contributed by atoms with Gasteiger partial charge in [0, 0.05) is 13.0 Å². The summed E-state index contributed by atoms with van der Waals surface area (Å²) in [6.07, 6.45) is 2.64. The van der Waals surface area contributed by atoms with E-state index >= 15 is 0 Å². The molecule has 1 aromatic carbocycles. The Kier molecular flexibility index (Phi) is 3.74. The maximum atomic E-state index is 14.9. The summed E-state index contributed by atoms with van der Waals surface area (Å²) in [7, 11) is 0. The summed E-state index contributed by atoms with van der Waals surface area (Å²) in [5.41, 5.74) is 1.01. The number of imidazole rings is 1. The number of aryl methyl sites for hydroxylation is 1. The molecule has 1 aliphatic rings. The topological polar surface area (TPSA) is 29.9 Å². The molecular weight excluding hydrogens is 253 g/mol. The van der Waals surface area contributed by atoms with E-state index in [9.17, 15) is 4.39 Å². The molecule has 2 aromatic rings. The highest BCUT2D eigenvalue weighted by atomic mass is 19.1. The summed E-state index contributed by atoms with van der Waals surface area (Å²) in [4.78, 5) is 4.67. The predicted molar refractivity (Wildman–Crippen MR) is 79.7 cm³/mol. The second-order valence-corrected chi connectivity index (χ2v) is 5.75. The Labute approximate surface area is 119 Å². The number of benzene rings is 1. The number of hydrogen-bond donors (Lipinski definition) is 1. The molecule has 0 spiro atoms. The Morgan fingerprint density at radius 2 is 2.05 bits per heavy atom. The average Bonchev–Trinajstić information content (AvgIpc) is 2.77. The van der Waals surface area contributed by atoms with Gasteiger partial charge in [-0.1, -0.05) is 19.1 Å². The SMILES string of the molecule is CCCn1c(CC2(F)CCNCC2)nc2ccccc21. The van der Waals surface area contributed by atoms with Crippen molar-refractivity contribution in [3.63, 3.8) is 0 Å². The first-order valence-electron chi connectivity index (χ1n) is 7.56. The summed E-state index contributed by atoms with van der Waals surface area (Å²) in [6, 6.07) is 8.11. The van der Waals surface area contributed by atoms with E-state index in [0.29, 0.717) is 19.3 Å². The summed E-state index contributed by atoms with van der Waals surface area (Å²) >= 11 is 0. The maximum Gasteiger partial charge on any atom is 0.120 e. The summed E-state index contributed by atoms with van der Waals surface area (Å²) in [6.45, 7) is 4.59. The number of para-hydroxylation sites is 2. The number of piperidine rings is 1. The lowest BCUT2D eigenvalue weighted by molar-refractivity contribution is 0.112. The molecule has 0 aliphatic carbocycles. The molecule has 1 aliphatic heterocycles. The molecule has 0 saturated carbocycles. The zero-order valence-electron chi connectivity index (χ0n) is 12.0. The number of nitrogens with one attached hydrogen (secondary N) is 1. The molecule has 1 aromatic heterocycles. The molecule has 2 heterocycles. The van der Waals surface area contributed by atoms with Gasteiger partial charge in [0.25, 0.3) is 0 Å². The molecule has 0 bridgehead atoms. The van der Waals surface area contributed by atoms with Crippen molar-refractivity contribution in [2.75, 3.05) is 13.1 Å². The number of aromatic nitrogens is 2. The Balaban J connectivity index is 1.95. The first kappa shape index (κ1) is 13.6. The number of rotatable bonds is 4. The van der Waals surface area contributed by atoms with Crippen LogP contribution in [-0.2, 0) is 13.0 Å². The van der Waals surface area contributed by atoms with E-state index in [4.69, 9.17) is 0 Å². The van der Waals surface area contributed by atoms with Crippen molar-refractivity contribution in [3.8, 4) is 0 Å². The van der Waals surface area contributed by atoms with Crippen molar-refractivity contribution in [3.05, 3.63) is 30.1 Å². The molecule has 0 unspecified atom stereocenters. The van der Waals surface area contributed by atoms with Crippen molar-refractivity contribution in [1.82, 2.24) is 14.9 Å². The number of nitrogens with zero attached hydrogens (tertiary/aromatic N) is 2. The fourth-order valence-electron chi connectivity index (χ4n) is 3.07. The van der Waals surface area contributed by atoms with Gasteiger partial charge < -0.3 is 9.88 Å². The third-order valence-electron chi connectivity index (χ3n) is 4.16. The van der Waals surface area contributed by atoms with E-state index in [2.05, 4.69) is 27.9 Å². The van der Waals surface area contributed by atoms with Crippen LogP contribution in [0.1, 0.15) is 32.0 Å². The minimum absolute atomic E-state index is 0.434. The zero-order chi connectivity index (χ0) is 14.0. The predicted octanol–water partition coefficient (Wildman–Crippen LogP) is 3.08. The second-order valence-electron chi connectivity index (χ2n) is 5.75. The third kappa shape index (κ3) is 2.57.